The molecule has 0 aromatic heterocycles. The summed E-state index contributed by atoms with van der Waals surface area (Å²) in [6.07, 6.45) is 0. The molecule has 1 atom stereocenters. The number of nitrogens with two attached hydrogens (primary N) is 1. The first-order chi connectivity index (χ1) is 13.5. The van der Waals surface area contributed by atoms with Crippen molar-refractivity contribution in [1.29, 1.82) is 0 Å². The largest absolute Gasteiger partial charge is 0.493 e. The van der Waals surface area contributed by atoms with Crippen molar-refractivity contribution in [2.75, 3.05) is 33.4 Å². The van der Waals surface area contributed by atoms with Crippen molar-refractivity contribution in [2.24, 2.45) is 5.73 Å². The highest BCUT2D eigenvalue weighted by molar-refractivity contribution is 5.95. The van der Waals surface area contributed by atoms with E-state index in [1.165, 1.54) is 19.2 Å². The van der Waals surface area contributed by atoms with Gasteiger partial charge in [-0.2, -0.15) is 0 Å². The molecule has 2 amide bonds. The molecule has 2 aromatic rings. The molecular formula is C20H22FN3O4. The van der Waals surface area contributed by atoms with Crippen LogP contribution >= 0.6 is 0 Å². The molecule has 28 heavy (non-hydrogen) atoms. The predicted molar refractivity (Wildman–Crippen MR) is 101 cm³/mol. The quantitative estimate of drug-likeness (QED) is 0.783. The minimum absolute atomic E-state index is 0.199. The number of piperazine rings is 1. The maximum Gasteiger partial charge on any atom is 0.255 e. The summed E-state index contributed by atoms with van der Waals surface area (Å²) in [6.45, 7) is 1.38. The molecule has 148 valence electrons. The fourth-order valence-electron chi connectivity index (χ4n) is 3.19. The lowest BCUT2D eigenvalue weighted by molar-refractivity contribution is -0.119. The molecule has 1 aliphatic heterocycles. The van der Waals surface area contributed by atoms with Gasteiger partial charge in [-0.05, 0) is 35.9 Å². The topological polar surface area (TPSA) is 93.9 Å². The van der Waals surface area contributed by atoms with Gasteiger partial charge in [0.1, 0.15) is 5.82 Å². The van der Waals surface area contributed by atoms with Crippen molar-refractivity contribution in [2.45, 2.75) is 6.04 Å². The molecule has 1 saturated heterocycles. The van der Waals surface area contributed by atoms with Crippen LogP contribution in [0.15, 0.2) is 42.5 Å². The summed E-state index contributed by atoms with van der Waals surface area (Å²) in [6, 6.07) is 10.7. The Kier molecular flexibility index (Phi) is 6.10. The normalized spacial score (nSPS) is 16.5. The van der Waals surface area contributed by atoms with Gasteiger partial charge < -0.3 is 25.4 Å². The van der Waals surface area contributed by atoms with Crippen molar-refractivity contribution in [1.82, 2.24) is 10.2 Å². The van der Waals surface area contributed by atoms with Gasteiger partial charge in [0.05, 0.1) is 13.2 Å². The Labute approximate surface area is 162 Å². The lowest BCUT2D eigenvalue weighted by Crippen LogP contribution is -2.48. The zero-order valence-electron chi connectivity index (χ0n) is 15.5. The number of ether oxygens (including phenoxy) is 2. The van der Waals surface area contributed by atoms with Crippen molar-refractivity contribution in [3.63, 3.8) is 0 Å². The standard InChI is InChI=1S/C20H22FN3O4/c1-27-18-10-14(5-6-17(18)28-12-19(22)25)20(26)24-8-7-23-11-16(24)13-3-2-4-15(21)9-13/h2-6,9-10,16,23H,7-8,11-12H2,1H3,(H2,22,25). The number of hydrogen-bond donors (Lipinski definition) is 2. The molecule has 7 nitrogen and oxygen atoms in total. The summed E-state index contributed by atoms with van der Waals surface area (Å²) in [5.41, 5.74) is 6.23. The SMILES string of the molecule is COc1cc(C(=O)N2CCNCC2c2cccc(F)c2)ccc1OCC(N)=O. The van der Waals surface area contributed by atoms with E-state index in [9.17, 15) is 14.0 Å². The monoisotopic (exact) mass is 387 g/mol. The smallest absolute Gasteiger partial charge is 0.255 e. The van der Waals surface area contributed by atoms with E-state index in [4.69, 9.17) is 15.2 Å². The molecule has 0 aliphatic carbocycles. The Balaban J connectivity index is 1.85. The van der Waals surface area contributed by atoms with Gasteiger partial charge in [-0.1, -0.05) is 12.1 Å². The van der Waals surface area contributed by atoms with Crippen molar-refractivity contribution >= 4 is 11.8 Å². The second-order valence-electron chi connectivity index (χ2n) is 6.39. The molecule has 0 saturated carbocycles. The van der Waals surface area contributed by atoms with E-state index in [2.05, 4.69) is 5.32 Å². The van der Waals surface area contributed by atoms with Gasteiger partial charge in [0.15, 0.2) is 18.1 Å². The highest BCUT2D eigenvalue weighted by atomic mass is 19.1. The zero-order chi connectivity index (χ0) is 20.1. The number of nitrogens with one attached hydrogen (secondary N) is 1. The van der Waals surface area contributed by atoms with Crippen LogP contribution in [0.3, 0.4) is 0 Å². The summed E-state index contributed by atoms with van der Waals surface area (Å²) in [5, 5.41) is 3.24. The van der Waals surface area contributed by atoms with E-state index in [-0.39, 0.29) is 24.4 Å². The van der Waals surface area contributed by atoms with Crippen LogP contribution in [0, 0.1) is 5.82 Å². The molecule has 1 unspecified atom stereocenters. The Morgan fingerprint density at radius 3 is 2.79 bits per heavy atom. The molecular weight excluding hydrogens is 365 g/mol. The maximum atomic E-state index is 13.7. The number of methoxy groups -OCH3 is 1. The number of amides is 2. The van der Waals surface area contributed by atoms with Crippen LogP contribution < -0.4 is 20.5 Å². The molecule has 0 spiro atoms. The molecule has 1 heterocycles. The van der Waals surface area contributed by atoms with Gasteiger partial charge in [-0.15, -0.1) is 0 Å². The third-order valence-corrected chi connectivity index (χ3v) is 4.52. The first kappa shape index (κ1) is 19.6. The van der Waals surface area contributed by atoms with E-state index in [0.29, 0.717) is 36.7 Å². The molecule has 1 aliphatic rings. The Hall–Kier alpha value is -3.13. The number of nitrogens with zero attached hydrogens (tertiary/aromatic N) is 1. The Morgan fingerprint density at radius 2 is 2.07 bits per heavy atom. The van der Waals surface area contributed by atoms with Crippen LogP contribution in [0.2, 0.25) is 0 Å². The maximum absolute atomic E-state index is 13.7. The fourth-order valence-corrected chi connectivity index (χ4v) is 3.19. The van der Waals surface area contributed by atoms with Crippen molar-refractivity contribution < 1.29 is 23.5 Å². The van der Waals surface area contributed by atoms with Crippen LogP contribution in [0.25, 0.3) is 0 Å². The first-order valence-electron chi connectivity index (χ1n) is 8.86. The first-order valence-corrected chi connectivity index (χ1v) is 8.86. The van der Waals surface area contributed by atoms with Crippen LogP contribution in [0.5, 0.6) is 11.5 Å². The molecule has 0 bridgehead atoms. The number of primary amides is 1. The highest BCUT2D eigenvalue weighted by Gasteiger charge is 2.29. The number of carbonyl (C=O) groups is 2. The molecule has 1 fully saturated rings. The van der Waals surface area contributed by atoms with Gasteiger partial charge in [-0.25, -0.2) is 4.39 Å². The van der Waals surface area contributed by atoms with E-state index < -0.39 is 5.91 Å². The van der Waals surface area contributed by atoms with E-state index in [0.717, 1.165) is 5.56 Å². The highest BCUT2D eigenvalue weighted by Crippen LogP contribution is 2.30. The average molecular weight is 387 g/mol. The summed E-state index contributed by atoms with van der Waals surface area (Å²) < 4.78 is 24.2. The number of rotatable bonds is 6. The van der Waals surface area contributed by atoms with Crippen LogP contribution in [-0.4, -0.2) is 50.1 Å². The van der Waals surface area contributed by atoms with E-state index in [1.807, 2.05) is 6.07 Å². The number of carbonyl (C=O) groups excluding carboxylic acids is 2. The molecule has 3 rings (SSSR count). The summed E-state index contributed by atoms with van der Waals surface area (Å²) in [5.74, 6) is -0.506. The minimum atomic E-state index is -0.610. The van der Waals surface area contributed by atoms with E-state index in [1.54, 1.807) is 29.2 Å². The third-order valence-electron chi connectivity index (χ3n) is 4.52. The number of benzene rings is 2. The zero-order valence-corrected chi connectivity index (χ0v) is 15.5. The fraction of sp³-hybridized carbons (Fsp3) is 0.300. The van der Waals surface area contributed by atoms with Gasteiger partial charge in [0.2, 0.25) is 0 Å². The second-order valence-corrected chi connectivity index (χ2v) is 6.39. The number of halogens is 1. The van der Waals surface area contributed by atoms with Crippen molar-refractivity contribution in [3.8, 4) is 11.5 Å². The lowest BCUT2D eigenvalue weighted by Gasteiger charge is -2.36. The Bertz CT molecular complexity index is 874. The molecule has 2 aromatic carbocycles. The van der Waals surface area contributed by atoms with Gasteiger partial charge >= 0.3 is 0 Å². The minimum Gasteiger partial charge on any atom is -0.493 e. The summed E-state index contributed by atoms with van der Waals surface area (Å²) >= 11 is 0. The Morgan fingerprint density at radius 1 is 1.25 bits per heavy atom. The summed E-state index contributed by atoms with van der Waals surface area (Å²) in [7, 11) is 1.45. The average Bonchev–Trinajstić information content (AvgIpc) is 2.71. The second kappa shape index (κ2) is 8.71. The third kappa shape index (κ3) is 4.40. The van der Waals surface area contributed by atoms with Crippen LogP contribution in [0.4, 0.5) is 4.39 Å². The lowest BCUT2D eigenvalue weighted by atomic mass is 10.0. The summed E-state index contributed by atoms with van der Waals surface area (Å²) in [4.78, 5) is 25.8. The van der Waals surface area contributed by atoms with Crippen LogP contribution in [-0.2, 0) is 4.79 Å². The molecule has 3 N–H and O–H groups in total. The van der Waals surface area contributed by atoms with Crippen molar-refractivity contribution in [3.05, 3.63) is 59.4 Å². The van der Waals surface area contributed by atoms with Crippen LogP contribution in [0.1, 0.15) is 22.0 Å². The van der Waals surface area contributed by atoms with E-state index >= 15 is 0 Å². The van der Waals surface area contributed by atoms with Gasteiger partial charge in [-0.3, -0.25) is 9.59 Å². The van der Waals surface area contributed by atoms with Gasteiger partial charge in [0.25, 0.3) is 11.8 Å². The predicted octanol–water partition coefficient (Wildman–Crippen LogP) is 1.49. The van der Waals surface area contributed by atoms with Gasteiger partial charge in [0, 0.05) is 25.2 Å². The molecule has 8 heteroatoms. The number of hydrogen-bond acceptors (Lipinski definition) is 5. The molecule has 0 radical (unpaired) electrons.